The zero-order valence-corrected chi connectivity index (χ0v) is 10.3. The number of rotatable bonds is 1. The third-order valence-electron chi connectivity index (χ3n) is 3.03. The van der Waals surface area contributed by atoms with E-state index in [-0.39, 0.29) is 11.4 Å². The molecule has 17 heavy (non-hydrogen) atoms. The molecule has 0 aromatic heterocycles. The Morgan fingerprint density at radius 1 is 1.35 bits per heavy atom. The van der Waals surface area contributed by atoms with Crippen LogP contribution in [0.4, 0.5) is 10.1 Å². The maximum Gasteiger partial charge on any atom is 0.123 e. The Bertz CT molecular complexity index is 378. The molecule has 0 amide bonds. The number of hydrogen-bond acceptors (Lipinski definition) is 3. The number of anilines is 1. The first-order valence-electron chi connectivity index (χ1n) is 5.90. The zero-order valence-electron chi connectivity index (χ0n) is 10.3. The number of β-amino-alcohol motifs (C(OH)–C–C–N with tert-alkyl or cyclic N) is 1. The monoisotopic (exact) mass is 238 g/mol. The first-order chi connectivity index (χ1) is 7.96. The molecule has 2 rings (SSSR count). The van der Waals surface area contributed by atoms with Crippen LogP contribution in [0.5, 0.6) is 0 Å². The van der Waals surface area contributed by atoms with Crippen LogP contribution in [-0.2, 0) is 0 Å². The van der Waals surface area contributed by atoms with Gasteiger partial charge in [0.2, 0.25) is 0 Å². The highest BCUT2D eigenvalue weighted by Crippen LogP contribution is 2.20. The van der Waals surface area contributed by atoms with Crippen molar-refractivity contribution in [2.24, 2.45) is 0 Å². The minimum absolute atomic E-state index is 0.0636. The number of nitrogens with one attached hydrogen (secondary N) is 1. The number of aliphatic hydroxyl groups is 1. The van der Waals surface area contributed by atoms with Gasteiger partial charge in [0.1, 0.15) is 5.82 Å². The molecule has 1 aliphatic heterocycles. The topological polar surface area (TPSA) is 35.5 Å². The Kier molecular flexibility index (Phi) is 3.35. The molecule has 1 fully saturated rings. The maximum absolute atomic E-state index is 12.9. The van der Waals surface area contributed by atoms with Gasteiger partial charge in [-0.2, -0.15) is 0 Å². The molecule has 94 valence electrons. The summed E-state index contributed by atoms with van der Waals surface area (Å²) in [6.07, 6.45) is -0.401. The molecule has 0 saturated carbocycles. The second-order valence-corrected chi connectivity index (χ2v) is 5.28. The normalized spacial score (nSPS) is 24.5. The van der Waals surface area contributed by atoms with Gasteiger partial charge in [-0.15, -0.1) is 0 Å². The van der Waals surface area contributed by atoms with Crippen molar-refractivity contribution < 1.29 is 9.50 Å². The molecule has 1 heterocycles. The van der Waals surface area contributed by atoms with Gasteiger partial charge in [-0.25, -0.2) is 4.39 Å². The van der Waals surface area contributed by atoms with Crippen molar-refractivity contribution >= 4 is 5.69 Å². The first kappa shape index (κ1) is 12.3. The molecule has 1 aliphatic rings. The lowest BCUT2D eigenvalue weighted by molar-refractivity contribution is 0.179. The molecule has 1 atom stereocenters. The predicted molar refractivity (Wildman–Crippen MR) is 66.7 cm³/mol. The van der Waals surface area contributed by atoms with E-state index in [4.69, 9.17) is 0 Å². The number of halogens is 1. The minimum atomic E-state index is -0.401. The van der Waals surface area contributed by atoms with Gasteiger partial charge in [0.15, 0.2) is 0 Å². The molecule has 2 N–H and O–H groups in total. The van der Waals surface area contributed by atoms with Crippen LogP contribution in [0.25, 0.3) is 0 Å². The standard InChI is InChI=1S/C13H19FN2O/c1-13(2)9-16(8-12(17)7-15-13)11-5-3-10(14)4-6-11/h3-6,12,15,17H,7-9H2,1-2H3. The van der Waals surface area contributed by atoms with Crippen molar-refractivity contribution in [2.45, 2.75) is 25.5 Å². The van der Waals surface area contributed by atoms with E-state index in [0.717, 1.165) is 12.2 Å². The summed E-state index contributed by atoms with van der Waals surface area (Å²) in [7, 11) is 0. The van der Waals surface area contributed by atoms with Crippen molar-refractivity contribution in [3.8, 4) is 0 Å². The van der Waals surface area contributed by atoms with Crippen LogP contribution in [0.2, 0.25) is 0 Å². The SMILES string of the molecule is CC1(C)CN(c2ccc(F)cc2)CC(O)CN1. The molecule has 0 spiro atoms. The van der Waals surface area contributed by atoms with E-state index in [1.54, 1.807) is 12.1 Å². The van der Waals surface area contributed by atoms with Crippen LogP contribution in [-0.4, -0.2) is 36.4 Å². The van der Waals surface area contributed by atoms with Gasteiger partial charge in [-0.3, -0.25) is 0 Å². The van der Waals surface area contributed by atoms with E-state index in [9.17, 15) is 9.50 Å². The van der Waals surface area contributed by atoms with E-state index in [2.05, 4.69) is 24.1 Å². The summed E-state index contributed by atoms with van der Waals surface area (Å²) >= 11 is 0. The smallest absolute Gasteiger partial charge is 0.123 e. The van der Waals surface area contributed by atoms with E-state index >= 15 is 0 Å². The molecular weight excluding hydrogens is 219 g/mol. The quantitative estimate of drug-likeness (QED) is 0.776. The van der Waals surface area contributed by atoms with E-state index < -0.39 is 6.10 Å². The van der Waals surface area contributed by atoms with Crippen LogP contribution in [0.1, 0.15) is 13.8 Å². The summed E-state index contributed by atoms with van der Waals surface area (Å²) in [5.41, 5.74) is 0.883. The lowest BCUT2D eigenvalue weighted by Gasteiger charge is -2.31. The Hall–Kier alpha value is -1.13. The van der Waals surface area contributed by atoms with Crippen molar-refractivity contribution in [3.63, 3.8) is 0 Å². The van der Waals surface area contributed by atoms with Crippen LogP contribution >= 0.6 is 0 Å². The highest BCUT2D eigenvalue weighted by molar-refractivity contribution is 5.47. The molecule has 1 saturated heterocycles. The van der Waals surface area contributed by atoms with Crippen molar-refractivity contribution in [1.29, 1.82) is 0 Å². The molecule has 4 heteroatoms. The maximum atomic E-state index is 12.9. The lowest BCUT2D eigenvalue weighted by Crippen LogP contribution is -2.46. The van der Waals surface area contributed by atoms with E-state index in [1.807, 2.05) is 0 Å². The van der Waals surface area contributed by atoms with Crippen molar-refractivity contribution in [3.05, 3.63) is 30.1 Å². The summed E-state index contributed by atoms with van der Waals surface area (Å²) in [4.78, 5) is 2.09. The molecule has 1 unspecified atom stereocenters. The number of hydrogen-bond donors (Lipinski definition) is 2. The van der Waals surface area contributed by atoms with E-state index in [1.165, 1.54) is 12.1 Å². The van der Waals surface area contributed by atoms with Crippen LogP contribution in [0, 0.1) is 5.82 Å². The van der Waals surface area contributed by atoms with Crippen LogP contribution in [0.15, 0.2) is 24.3 Å². The number of benzene rings is 1. The van der Waals surface area contributed by atoms with Gasteiger partial charge in [-0.1, -0.05) is 0 Å². The third kappa shape index (κ3) is 3.17. The summed E-state index contributed by atoms with van der Waals surface area (Å²) in [5.74, 6) is -0.235. The van der Waals surface area contributed by atoms with E-state index in [0.29, 0.717) is 13.1 Å². The fraction of sp³-hybridized carbons (Fsp3) is 0.538. The molecule has 0 aliphatic carbocycles. The third-order valence-corrected chi connectivity index (χ3v) is 3.03. The van der Waals surface area contributed by atoms with Gasteiger partial charge in [0.05, 0.1) is 6.10 Å². The second kappa shape index (κ2) is 4.63. The van der Waals surface area contributed by atoms with Gasteiger partial charge in [0, 0.05) is 30.9 Å². The Morgan fingerprint density at radius 3 is 2.65 bits per heavy atom. The largest absolute Gasteiger partial charge is 0.390 e. The molecule has 3 nitrogen and oxygen atoms in total. The highest BCUT2D eigenvalue weighted by atomic mass is 19.1. The summed E-state index contributed by atoms with van der Waals surface area (Å²) < 4.78 is 12.9. The Morgan fingerprint density at radius 2 is 2.00 bits per heavy atom. The average molecular weight is 238 g/mol. The second-order valence-electron chi connectivity index (χ2n) is 5.28. The van der Waals surface area contributed by atoms with Crippen LogP contribution in [0.3, 0.4) is 0 Å². The summed E-state index contributed by atoms with van der Waals surface area (Å²) in [6.45, 7) is 6.14. The number of aliphatic hydroxyl groups excluding tert-OH is 1. The molecule has 0 bridgehead atoms. The highest BCUT2D eigenvalue weighted by Gasteiger charge is 2.27. The average Bonchev–Trinajstić information content (AvgIpc) is 2.39. The molecular formula is C13H19FN2O. The first-order valence-corrected chi connectivity index (χ1v) is 5.90. The van der Waals surface area contributed by atoms with Gasteiger partial charge in [-0.05, 0) is 38.1 Å². The Balaban J connectivity index is 2.20. The lowest BCUT2D eigenvalue weighted by atomic mass is 10.1. The zero-order chi connectivity index (χ0) is 12.5. The fourth-order valence-electron chi connectivity index (χ4n) is 2.16. The minimum Gasteiger partial charge on any atom is -0.390 e. The van der Waals surface area contributed by atoms with Crippen molar-refractivity contribution in [2.75, 3.05) is 24.5 Å². The predicted octanol–water partition coefficient (Wildman–Crippen LogP) is 1.37. The van der Waals surface area contributed by atoms with Gasteiger partial charge in [0.25, 0.3) is 0 Å². The van der Waals surface area contributed by atoms with Gasteiger partial charge >= 0.3 is 0 Å². The van der Waals surface area contributed by atoms with Crippen LogP contribution < -0.4 is 10.2 Å². The molecule has 1 aromatic carbocycles. The number of nitrogens with zero attached hydrogens (tertiary/aromatic N) is 1. The van der Waals surface area contributed by atoms with Crippen molar-refractivity contribution in [1.82, 2.24) is 5.32 Å². The molecule has 1 aromatic rings. The van der Waals surface area contributed by atoms with Gasteiger partial charge < -0.3 is 15.3 Å². The summed E-state index contributed by atoms with van der Waals surface area (Å²) in [6, 6.07) is 6.41. The molecule has 0 radical (unpaired) electrons. The Labute approximate surface area is 101 Å². The fourth-order valence-corrected chi connectivity index (χ4v) is 2.16. The summed E-state index contributed by atoms with van der Waals surface area (Å²) in [5, 5.41) is 13.1.